The van der Waals surface area contributed by atoms with Crippen molar-refractivity contribution in [2.45, 2.75) is 17.2 Å². The molecular formula is C17H20F2N3O3S2+. The molecule has 1 amide bonds. The van der Waals surface area contributed by atoms with Crippen LogP contribution in [-0.2, 0) is 14.8 Å². The van der Waals surface area contributed by atoms with E-state index >= 15 is 0 Å². The van der Waals surface area contributed by atoms with Crippen LogP contribution in [0.4, 0.5) is 14.5 Å². The molecule has 2 heterocycles. The minimum absolute atomic E-state index is 0.279. The zero-order valence-electron chi connectivity index (χ0n) is 14.6. The van der Waals surface area contributed by atoms with E-state index in [0.717, 1.165) is 17.0 Å². The van der Waals surface area contributed by atoms with Gasteiger partial charge in [0.2, 0.25) is 0 Å². The first-order valence-electron chi connectivity index (χ1n) is 8.44. The summed E-state index contributed by atoms with van der Waals surface area (Å²) < 4.78 is 54.2. The van der Waals surface area contributed by atoms with Gasteiger partial charge in [0.1, 0.15) is 21.5 Å². The van der Waals surface area contributed by atoms with Crippen LogP contribution < -0.4 is 10.2 Å². The lowest BCUT2D eigenvalue weighted by molar-refractivity contribution is -0.917. The number of anilines is 1. The molecule has 0 aliphatic carbocycles. The highest BCUT2D eigenvalue weighted by molar-refractivity contribution is 7.91. The highest BCUT2D eigenvalue weighted by Crippen LogP contribution is 2.21. The number of carbonyl (C=O) groups excluding carboxylic acids is 1. The molecule has 2 N–H and O–H groups in total. The van der Waals surface area contributed by atoms with Crippen LogP contribution in [0.1, 0.15) is 6.92 Å². The molecule has 1 aliphatic rings. The van der Waals surface area contributed by atoms with Gasteiger partial charge >= 0.3 is 0 Å². The number of para-hydroxylation sites is 1. The Kier molecular flexibility index (Phi) is 5.89. The van der Waals surface area contributed by atoms with Gasteiger partial charge in [-0.2, -0.15) is 4.31 Å². The number of thiophene rings is 1. The van der Waals surface area contributed by atoms with Crippen molar-refractivity contribution in [2.24, 2.45) is 0 Å². The van der Waals surface area contributed by atoms with Crippen LogP contribution >= 0.6 is 11.3 Å². The van der Waals surface area contributed by atoms with Gasteiger partial charge in [-0.15, -0.1) is 11.3 Å². The Labute approximate surface area is 160 Å². The molecule has 0 bridgehead atoms. The molecule has 1 aromatic carbocycles. The lowest BCUT2D eigenvalue weighted by atomic mass is 10.2. The number of halogens is 2. The number of hydrogen-bond acceptors (Lipinski definition) is 4. The quantitative estimate of drug-likeness (QED) is 0.762. The van der Waals surface area contributed by atoms with Gasteiger partial charge in [0.05, 0.1) is 26.2 Å². The molecule has 1 aromatic heterocycles. The largest absolute Gasteiger partial charge is 0.323 e. The summed E-state index contributed by atoms with van der Waals surface area (Å²) in [5.41, 5.74) is -0.465. The van der Waals surface area contributed by atoms with Gasteiger partial charge < -0.3 is 10.2 Å². The third-order valence-corrected chi connectivity index (χ3v) is 7.94. The molecule has 1 saturated heterocycles. The van der Waals surface area contributed by atoms with Crippen LogP contribution in [0.25, 0.3) is 0 Å². The second-order valence-corrected chi connectivity index (χ2v) is 9.41. The van der Waals surface area contributed by atoms with Crippen molar-refractivity contribution < 1.29 is 26.9 Å². The standard InChI is InChI=1S/C17H19F2N3O3S2/c1-12(17(23)20-16-13(18)4-2-5-14(16)19)21-7-9-22(10-8-21)27(24,25)15-6-3-11-26-15/h2-6,11-12H,7-10H2,1H3,(H,20,23)/p+1/t12-/m1/s1. The lowest BCUT2D eigenvalue weighted by Crippen LogP contribution is -3.19. The third kappa shape index (κ3) is 4.18. The number of nitrogens with zero attached hydrogens (tertiary/aromatic N) is 1. The summed E-state index contributed by atoms with van der Waals surface area (Å²) in [6.45, 7) is 3.08. The third-order valence-electron chi connectivity index (χ3n) is 4.67. The number of sulfonamides is 1. The Balaban J connectivity index is 1.61. The summed E-state index contributed by atoms with van der Waals surface area (Å²) in [4.78, 5) is 13.2. The average Bonchev–Trinajstić information content (AvgIpc) is 3.20. The first kappa shape index (κ1) is 19.9. The van der Waals surface area contributed by atoms with E-state index in [4.69, 9.17) is 0 Å². The second kappa shape index (κ2) is 8.01. The summed E-state index contributed by atoms with van der Waals surface area (Å²) in [5, 5.41) is 4.01. The fourth-order valence-electron chi connectivity index (χ4n) is 3.02. The topological polar surface area (TPSA) is 70.9 Å². The van der Waals surface area contributed by atoms with Crippen molar-refractivity contribution in [1.82, 2.24) is 4.31 Å². The predicted octanol–water partition coefficient (Wildman–Crippen LogP) is 0.943. The molecule has 0 spiro atoms. The number of amides is 1. The maximum Gasteiger partial charge on any atom is 0.282 e. The molecule has 1 atom stereocenters. The van der Waals surface area contributed by atoms with E-state index in [1.807, 2.05) is 0 Å². The molecule has 146 valence electrons. The Morgan fingerprint density at radius 3 is 2.37 bits per heavy atom. The van der Waals surface area contributed by atoms with Crippen molar-refractivity contribution in [3.8, 4) is 0 Å². The maximum absolute atomic E-state index is 13.7. The van der Waals surface area contributed by atoms with Gasteiger partial charge in [0.25, 0.3) is 15.9 Å². The Morgan fingerprint density at radius 2 is 1.81 bits per heavy atom. The average molecular weight is 416 g/mol. The van der Waals surface area contributed by atoms with Crippen LogP contribution in [0, 0.1) is 11.6 Å². The summed E-state index contributed by atoms with van der Waals surface area (Å²) in [6, 6.07) is 6.05. The number of nitrogens with one attached hydrogen (secondary N) is 2. The van der Waals surface area contributed by atoms with E-state index in [2.05, 4.69) is 5.32 Å². The predicted molar refractivity (Wildman–Crippen MR) is 98.2 cm³/mol. The summed E-state index contributed by atoms with van der Waals surface area (Å²) >= 11 is 1.17. The Bertz CT molecular complexity index is 891. The van der Waals surface area contributed by atoms with Crippen LogP contribution in [0.3, 0.4) is 0 Å². The van der Waals surface area contributed by atoms with Gasteiger partial charge in [-0.1, -0.05) is 12.1 Å². The number of benzene rings is 1. The van der Waals surface area contributed by atoms with Crippen molar-refractivity contribution in [3.63, 3.8) is 0 Å². The normalized spacial score (nSPS) is 17.6. The number of piperazine rings is 1. The minimum Gasteiger partial charge on any atom is -0.323 e. The fraction of sp³-hybridized carbons (Fsp3) is 0.353. The van der Waals surface area contributed by atoms with Gasteiger partial charge in [0.15, 0.2) is 6.04 Å². The summed E-state index contributed by atoms with van der Waals surface area (Å²) in [6.07, 6.45) is 0. The summed E-state index contributed by atoms with van der Waals surface area (Å²) in [7, 11) is -3.51. The molecule has 2 aromatic rings. The van der Waals surface area contributed by atoms with Gasteiger partial charge in [-0.25, -0.2) is 17.2 Å². The first-order chi connectivity index (χ1) is 12.8. The number of carbonyl (C=O) groups is 1. The fourth-order valence-corrected chi connectivity index (χ4v) is 5.60. The molecule has 3 rings (SSSR count). The molecule has 1 fully saturated rings. The monoisotopic (exact) mass is 416 g/mol. The van der Waals surface area contributed by atoms with E-state index in [9.17, 15) is 22.0 Å². The van der Waals surface area contributed by atoms with Gasteiger partial charge in [0, 0.05) is 0 Å². The van der Waals surface area contributed by atoms with Crippen LogP contribution in [0.5, 0.6) is 0 Å². The Hall–Kier alpha value is -1.88. The van der Waals surface area contributed by atoms with E-state index in [1.54, 1.807) is 24.4 Å². The zero-order chi connectivity index (χ0) is 19.6. The molecule has 10 heteroatoms. The molecule has 27 heavy (non-hydrogen) atoms. The highest BCUT2D eigenvalue weighted by Gasteiger charge is 2.35. The maximum atomic E-state index is 13.7. The van der Waals surface area contributed by atoms with Crippen LogP contribution in [0.2, 0.25) is 0 Å². The van der Waals surface area contributed by atoms with Crippen molar-refractivity contribution in [1.29, 1.82) is 0 Å². The van der Waals surface area contributed by atoms with E-state index in [1.165, 1.54) is 21.7 Å². The first-order valence-corrected chi connectivity index (χ1v) is 10.8. The van der Waals surface area contributed by atoms with E-state index in [0.29, 0.717) is 17.3 Å². The number of quaternary nitrogens is 1. The summed E-state index contributed by atoms with van der Waals surface area (Å²) in [5.74, 6) is -2.18. The second-order valence-electron chi connectivity index (χ2n) is 6.30. The van der Waals surface area contributed by atoms with Crippen molar-refractivity contribution in [3.05, 3.63) is 47.3 Å². The minimum atomic E-state index is -3.51. The van der Waals surface area contributed by atoms with Crippen molar-refractivity contribution in [2.75, 3.05) is 31.5 Å². The molecule has 1 aliphatic heterocycles. The zero-order valence-corrected chi connectivity index (χ0v) is 16.2. The number of rotatable bonds is 5. The van der Waals surface area contributed by atoms with Gasteiger partial charge in [-0.05, 0) is 30.5 Å². The number of hydrogen-bond donors (Lipinski definition) is 2. The molecular weight excluding hydrogens is 396 g/mol. The molecule has 0 saturated carbocycles. The Morgan fingerprint density at radius 1 is 1.19 bits per heavy atom. The molecule has 0 unspecified atom stereocenters. The van der Waals surface area contributed by atoms with Gasteiger partial charge in [-0.3, -0.25) is 4.79 Å². The van der Waals surface area contributed by atoms with Crippen LogP contribution in [-0.4, -0.2) is 50.9 Å². The van der Waals surface area contributed by atoms with Crippen molar-refractivity contribution >= 4 is 33.0 Å². The molecule has 0 radical (unpaired) electrons. The van der Waals surface area contributed by atoms with E-state index < -0.39 is 39.3 Å². The highest BCUT2D eigenvalue weighted by atomic mass is 32.2. The SMILES string of the molecule is C[C@H](C(=O)Nc1c(F)cccc1F)[NH+]1CCN(S(=O)(=O)c2cccs2)CC1. The van der Waals surface area contributed by atoms with Crippen LogP contribution in [0.15, 0.2) is 39.9 Å². The smallest absolute Gasteiger partial charge is 0.282 e. The lowest BCUT2D eigenvalue weighted by Gasteiger charge is -2.33. The molecule has 6 nitrogen and oxygen atoms in total. The van der Waals surface area contributed by atoms with E-state index in [-0.39, 0.29) is 13.1 Å².